The summed E-state index contributed by atoms with van der Waals surface area (Å²) in [6.45, 7) is 11.5. The highest BCUT2D eigenvalue weighted by Gasteiger charge is 2.24. The van der Waals surface area contributed by atoms with Gasteiger partial charge in [0.05, 0.1) is 6.61 Å². The van der Waals surface area contributed by atoms with Gasteiger partial charge in [-0.3, -0.25) is 0 Å². The number of esters is 1. The first-order valence-corrected chi connectivity index (χ1v) is 6.80. The van der Waals surface area contributed by atoms with Crippen molar-refractivity contribution in [2.75, 3.05) is 19.8 Å². The van der Waals surface area contributed by atoms with E-state index >= 15 is 0 Å². The van der Waals surface area contributed by atoms with Crippen LogP contribution in [0, 0.1) is 0 Å². The van der Waals surface area contributed by atoms with E-state index in [1.807, 2.05) is 34.6 Å². The number of amides is 1. The number of rotatable bonds is 7. The topological polar surface area (TPSA) is 73.9 Å². The van der Waals surface area contributed by atoms with Gasteiger partial charge in [0.25, 0.3) is 0 Å². The minimum Gasteiger partial charge on any atom is -0.464 e. The second kappa shape index (κ2) is 8.09. The first-order chi connectivity index (χ1) is 9.06. The zero-order valence-electron chi connectivity index (χ0n) is 13.4. The number of carbonyl (C=O) groups excluding carboxylic acids is 2. The van der Waals surface area contributed by atoms with Crippen LogP contribution in [0.3, 0.4) is 0 Å². The van der Waals surface area contributed by atoms with Crippen LogP contribution in [0.25, 0.3) is 0 Å². The van der Waals surface area contributed by atoms with E-state index in [9.17, 15) is 9.59 Å². The fourth-order valence-electron chi connectivity index (χ4n) is 1.33. The number of hydrogen-bond donors (Lipinski definition) is 1. The van der Waals surface area contributed by atoms with Crippen LogP contribution >= 0.6 is 0 Å². The molecule has 0 heterocycles. The monoisotopic (exact) mass is 289 g/mol. The molecule has 0 saturated heterocycles. The van der Waals surface area contributed by atoms with Crippen LogP contribution in [0.1, 0.15) is 48.0 Å². The summed E-state index contributed by atoms with van der Waals surface area (Å²) in [7, 11) is 0. The number of carbonyl (C=O) groups is 2. The molecule has 0 atom stereocenters. The molecule has 118 valence electrons. The summed E-state index contributed by atoms with van der Waals surface area (Å²) < 4.78 is 15.1. The Morgan fingerprint density at radius 2 is 1.70 bits per heavy atom. The molecular formula is C14H27NO5. The molecule has 0 aromatic heterocycles. The number of nitrogens with one attached hydrogen (secondary N) is 1. The maximum atomic E-state index is 11.7. The van der Waals surface area contributed by atoms with Crippen molar-refractivity contribution in [3.05, 3.63) is 0 Å². The van der Waals surface area contributed by atoms with Crippen LogP contribution < -0.4 is 5.32 Å². The average molecular weight is 289 g/mol. The van der Waals surface area contributed by atoms with Gasteiger partial charge in [-0.15, -0.1) is 0 Å². The van der Waals surface area contributed by atoms with Crippen LogP contribution in [0.15, 0.2) is 0 Å². The lowest BCUT2D eigenvalue weighted by molar-refractivity contribution is -0.148. The van der Waals surface area contributed by atoms with Gasteiger partial charge in [-0.2, -0.15) is 0 Å². The summed E-state index contributed by atoms with van der Waals surface area (Å²) in [5, 5.41) is 2.77. The van der Waals surface area contributed by atoms with Crippen molar-refractivity contribution in [2.24, 2.45) is 0 Å². The van der Waals surface area contributed by atoms with Crippen LogP contribution in [0.4, 0.5) is 4.79 Å². The molecule has 0 aromatic rings. The molecule has 0 fully saturated rings. The summed E-state index contributed by atoms with van der Waals surface area (Å²) in [6.07, 6.45) is 0.0962. The van der Waals surface area contributed by atoms with Gasteiger partial charge in [0.1, 0.15) is 12.2 Å². The van der Waals surface area contributed by atoms with Crippen LogP contribution in [0.5, 0.6) is 0 Å². The Morgan fingerprint density at radius 3 is 2.20 bits per heavy atom. The van der Waals surface area contributed by atoms with Gasteiger partial charge in [-0.1, -0.05) is 0 Å². The van der Waals surface area contributed by atoms with Gasteiger partial charge >= 0.3 is 12.1 Å². The quantitative estimate of drug-likeness (QED) is 0.575. The van der Waals surface area contributed by atoms with E-state index in [-0.39, 0.29) is 12.6 Å². The Hall–Kier alpha value is -1.30. The largest absolute Gasteiger partial charge is 0.464 e. The predicted molar refractivity (Wildman–Crippen MR) is 75.5 cm³/mol. The summed E-state index contributed by atoms with van der Waals surface area (Å²) in [6, 6.07) is 0. The smallest absolute Gasteiger partial charge is 0.408 e. The van der Waals surface area contributed by atoms with Gasteiger partial charge in [0.2, 0.25) is 0 Å². The van der Waals surface area contributed by atoms with Gasteiger partial charge in [-0.05, 0) is 48.0 Å². The summed E-state index contributed by atoms with van der Waals surface area (Å²) in [5.41, 5.74) is -1.00. The maximum absolute atomic E-state index is 11.7. The van der Waals surface area contributed by atoms with Crippen molar-refractivity contribution in [1.82, 2.24) is 5.32 Å². The van der Waals surface area contributed by atoms with Crippen LogP contribution in [0.2, 0.25) is 0 Å². The molecule has 0 bridgehead atoms. The molecule has 1 N–H and O–H groups in total. The molecule has 0 saturated carbocycles. The van der Waals surface area contributed by atoms with Gasteiger partial charge in [0.15, 0.2) is 0 Å². The third-order valence-electron chi connectivity index (χ3n) is 2.24. The van der Waals surface area contributed by atoms with Crippen LogP contribution in [-0.4, -0.2) is 43.0 Å². The average Bonchev–Trinajstić information content (AvgIpc) is 2.21. The van der Waals surface area contributed by atoms with E-state index in [0.717, 1.165) is 0 Å². The van der Waals surface area contributed by atoms with Crippen molar-refractivity contribution in [1.29, 1.82) is 0 Å². The minimum atomic E-state index is -0.527. The Labute approximate surface area is 121 Å². The van der Waals surface area contributed by atoms with Crippen molar-refractivity contribution in [3.8, 4) is 0 Å². The van der Waals surface area contributed by atoms with E-state index in [1.54, 1.807) is 6.92 Å². The number of ether oxygens (including phenoxy) is 3. The number of hydrogen-bond acceptors (Lipinski definition) is 5. The molecule has 0 aliphatic carbocycles. The zero-order valence-corrected chi connectivity index (χ0v) is 13.4. The van der Waals surface area contributed by atoms with Gasteiger partial charge < -0.3 is 19.5 Å². The summed E-state index contributed by atoms with van der Waals surface area (Å²) in [4.78, 5) is 22.7. The first-order valence-electron chi connectivity index (χ1n) is 6.80. The Balaban J connectivity index is 3.95. The first kappa shape index (κ1) is 18.7. The SMILES string of the molecule is CCOC(=O)COCCC(C)(C)NC(=O)OC(C)(C)C. The van der Waals surface area contributed by atoms with E-state index in [4.69, 9.17) is 14.2 Å². The lowest BCUT2D eigenvalue weighted by Gasteiger charge is -2.28. The normalized spacial score (nSPS) is 11.9. The molecule has 0 rings (SSSR count). The second-order valence-electron chi connectivity index (χ2n) is 6.12. The molecule has 6 nitrogen and oxygen atoms in total. The highest BCUT2D eigenvalue weighted by molar-refractivity contribution is 5.70. The predicted octanol–water partition coefficient (Wildman–Crippen LogP) is 2.26. The lowest BCUT2D eigenvalue weighted by Crippen LogP contribution is -2.46. The molecule has 0 aromatic carbocycles. The fraction of sp³-hybridized carbons (Fsp3) is 0.857. The summed E-state index contributed by atoms with van der Waals surface area (Å²) >= 11 is 0. The Morgan fingerprint density at radius 1 is 1.10 bits per heavy atom. The lowest BCUT2D eigenvalue weighted by atomic mass is 10.0. The standard InChI is InChI=1S/C14H27NO5/c1-7-19-11(16)10-18-9-8-14(5,6)15-12(17)20-13(2,3)4/h7-10H2,1-6H3,(H,15,17). The van der Waals surface area contributed by atoms with Crippen LogP contribution in [-0.2, 0) is 19.0 Å². The van der Waals surface area contributed by atoms with Gasteiger partial charge in [0, 0.05) is 12.1 Å². The van der Waals surface area contributed by atoms with Crippen molar-refractivity contribution < 1.29 is 23.8 Å². The second-order valence-corrected chi connectivity index (χ2v) is 6.12. The molecule has 0 spiro atoms. The molecule has 0 radical (unpaired) electrons. The Bertz CT molecular complexity index is 320. The Kier molecular flexibility index (Phi) is 7.57. The molecule has 0 unspecified atom stereocenters. The molecule has 6 heteroatoms. The number of alkyl carbamates (subject to hydrolysis) is 1. The molecular weight excluding hydrogens is 262 g/mol. The van der Waals surface area contributed by atoms with E-state index in [0.29, 0.717) is 19.6 Å². The van der Waals surface area contributed by atoms with Crippen molar-refractivity contribution in [2.45, 2.75) is 59.1 Å². The minimum absolute atomic E-state index is 0.0731. The van der Waals surface area contributed by atoms with Crippen molar-refractivity contribution >= 4 is 12.1 Å². The third-order valence-corrected chi connectivity index (χ3v) is 2.24. The highest BCUT2D eigenvalue weighted by atomic mass is 16.6. The zero-order chi connectivity index (χ0) is 15.8. The highest BCUT2D eigenvalue weighted by Crippen LogP contribution is 2.12. The van der Waals surface area contributed by atoms with E-state index in [2.05, 4.69) is 5.32 Å². The van der Waals surface area contributed by atoms with Crippen molar-refractivity contribution in [3.63, 3.8) is 0 Å². The molecule has 0 aliphatic rings. The fourth-order valence-corrected chi connectivity index (χ4v) is 1.33. The molecule has 0 aliphatic heterocycles. The van der Waals surface area contributed by atoms with E-state index in [1.165, 1.54) is 0 Å². The summed E-state index contributed by atoms with van der Waals surface area (Å²) in [5.74, 6) is -0.384. The molecule has 1 amide bonds. The van der Waals surface area contributed by atoms with E-state index < -0.39 is 17.2 Å². The van der Waals surface area contributed by atoms with Gasteiger partial charge in [-0.25, -0.2) is 9.59 Å². The molecule has 20 heavy (non-hydrogen) atoms. The maximum Gasteiger partial charge on any atom is 0.408 e. The third kappa shape index (κ3) is 10.6.